The van der Waals surface area contributed by atoms with Crippen molar-refractivity contribution in [1.29, 1.82) is 0 Å². The molecule has 0 aromatic rings. The zero-order valence-electron chi connectivity index (χ0n) is 10.5. The topological polar surface area (TPSA) is 40.5 Å². The highest BCUT2D eigenvalue weighted by Gasteiger charge is 2.60. The van der Waals surface area contributed by atoms with Gasteiger partial charge in [0.05, 0.1) is 5.60 Å². The van der Waals surface area contributed by atoms with E-state index in [-0.39, 0.29) is 17.9 Å². The Morgan fingerprint density at radius 3 is 2.50 bits per heavy atom. The van der Waals surface area contributed by atoms with E-state index in [1.165, 1.54) is 11.1 Å². The van der Waals surface area contributed by atoms with Gasteiger partial charge in [0.25, 0.3) is 0 Å². The molecule has 16 heavy (non-hydrogen) atoms. The average molecular weight is 222 g/mol. The predicted molar refractivity (Wildman–Crippen MR) is 64.9 cm³/mol. The van der Waals surface area contributed by atoms with E-state index in [0.717, 1.165) is 12.8 Å². The van der Waals surface area contributed by atoms with Gasteiger partial charge < -0.3 is 10.2 Å². The summed E-state index contributed by atoms with van der Waals surface area (Å²) in [6.45, 7) is 10.3. The Bertz CT molecular complexity index is 354. The van der Waals surface area contributed by atoms with Crippen molar-refractivity contribution in [3.8, 4) is 0 Å². The van der Waals surface area contributed by atoms with Gasteiger partial charge in [-0.15, -0.1) is 6.58 Å². The van der Waals surface area contributed by atoms with Crippen LogP contribution in [0.15, 0.2) is 23.8 Å². The maximum atomic E-state index is 10.5. The second-order valence-corrected chi connectivity index (χ2v) is 5.98. The fourth-order valence-corrected chi connectivity index (χ4v) is 3.71. The summed E-state index contributed by atoms with van der Waals surface area (Å²) in [5.74, 6) is 0.479. The van der Waals surface area contributed by atoms with Gasteiger partial charge in [-0.3, -0.25) is 0 Å². The summed E-state index contributed by atoms with van der Waals surface area (Å²) in [5.41, 5.74) is 1.86. The highest BCUT2D eigenvalue weighted by Crippen LogP contribution is 2.63. The van der Waals surface area contributed by atoms with Crippen molar-refractivity contribution in [3.05, 3.63) is 23.8 Å². The SMILES string of the molecule is C=C[C@]1(O)C[C@@H]2C(=C(C)C)[C@H]1C[C@]2(C)CO. The van der Waals surface area contributed by atoms with Gasteiger partial charge in [-0.2, -0.15) is 0 Å². The molecule has 0 saturated heterocycles. The highest BCUT2D eigenvalue weighted by molar-refractivity contribution is 5.36. The minimum atomic E-state index is -0.744. The standard InChI is InChI=1S/C14H22O2/c1-5-14(16)7-10-12(9(2)3)11(14)6-13(10,4)8-15/h5,10-11,15-16H,1,6-8H2,2-4H3/t10-,11-,13-,14+/m1/s1. The molecule has 2 heteroatoms. The lowest BCUT2D eigenvalue weighted by Crippen LogP contribution is -2.40. The van der Waals surface area contributed by atoms with Gasteiger partial charge in [0.1, 0.15) is 0 Å². The van der Waals surface area contributed by atoms with E-state index in [1.807, 2.05) is 0 Å². The van der Waals surface area contributed by atoms with Crippen LogP contribution in [0.1, 0.15) is 33.6 Å². The molecule has 0 radical (unpaired) electrons. The number of rotatable bonds is 2. The summed E-state index contributed by atoms with van der Waals surface area (Å²) in [6.07, 6.45) is 3.29. The largest absolute Gasteiger partial charge is 0.396 e. The van der Waals surface area contributed by atoms with E-state index in [2.05, 4.69) is 27.4 Å². The molecule has 2 nitrogen and oxygen atoms in total. The van der Waals surface area contributed by atoms with Gasteiger partial charge >= 0.3 is 0 Å². The molecule has 4 atom stereocenters. The third kappa shape index (κ3) is 1.33. The van der Waals surface area contributed by atoms with Crippen molar-refractivity contribution in [3.63, 3.8) is 0 Å². The predicted octanol–water partition coefficient (Wildman–Crippen LogP) is 2.28. The van der Waals surface area contributed by atoms with E-state index in [4.69, 9.17) is 0 Å². The molecule has 2 saturated carbocycles. The third-order valence-electron chi connectivity index (χ3n) is 4.69. The third-order valence-corrected chi connectivity index (χ3v) is 4.69. The molecule has 2 bridgehead atoms. The first-order chi connectivity index (χ1) is 7.38. The summed E-state index contributed by atoms with van der Waals surface area (Å²) in [5, 5.41) is 20.1. The molecule has 2 rings (SSSR count). The number of aliphatic hydroxyl groups is 2. The van der Waals surface area contributed by atoms with Crippen molar-refractivity contribution in [2.24, 2.45) is 17.3 Å². The number of hydrogen-bond donors (Lipinski definition) is 2. The number of aliphatic hydroxyl groups excluding tert-OH is 1. The number of allylic oxidation sites excluding steroid dienone is 1. The van der Waals surface area contributed by atoms with Crippen molar-refractivity contribution in [1.82, 2.24) is 0 Å². The fourth-order valence-electron chi connectivity index (χ4n) is 3.71. The summed E-state index contributed by atoms with van der Waals surface area (Å²) in [6, 6.07) is 0. The van der Waals surface area contributed by atoms with Crippen molar-refractivity contribution in [2.75, 3.05) is 6.61 Å². The molecule has 0 heterocycles. The second kappa shape index (κ2) is 3.44. The zero-order valence-corrected chi connectivity index (χ0v) is 10.5. The lowest BCUT2D eigenvalue weighted by atomic mass is 9.70. The molecule has 0 aliphatic heterocycles. The van der Waals surface area contributed by atoms with E-state index in [1.54, 1.807) is 6.08 Å². The van der Waals surface area contributed by atoms with Gasteiger partial charge in [-0.05, 0) is 38.0 Å². The first-order valence-corrected chi connectivity index (χ1v) is 6.02. The maximum absolute atomic E-state index is 10.5. The molecule has 0 aromatic carbocycles. The molecule has 2 fully saturated rings. The van der Waals surface area contributed by atoms with Crippen LogP contribution in [0, 0.1) is 17.3 Å². The first-order valence-electron chi connectivity index (χ1n) is 6.02. The molecule has 2 aliphatic rings. The number of hydrogen-bond acceptors (Lipinski definition) is 2. The minimum absolute atomic E-state index is 0.0491. The second-order valence-electron chi connectivity index (χ2n) is 5.98. The van der Waals surface area contributed by atoms with Crippen LogP contribution < -0.4 is 0 Å². The zero-order chi connectivity index (χ0) is 12.1. The summed E-state index contributed by atoms with van der Waals surface area (Å²) in [7, 11) is 0. The van der Waals surface area contributed by atoms with Crippen molar-refractivity contribution in [2.45, 2.75) is 39.2 Å². The van der Waals surface area contributed by atoms with Crippen LogP contribution >= 0.6 is 0 Å². The van der Waals surface area contributed by atoms with E-state index in [9.17, 15) is 10.2 Å². The molecule has 0 unspecified atom stereocenters. The lowest BCUT2D eigenvalue weighted by molar-refractivity contribution is -0.0200. The van der Waals surface area contributed by atoms with Crippen LogP contribution in [0.3, 0.4) is 0 Å². The van der Waals surface area contributed by atoms with Gasteiger partial charge in [0.2, 0.25) is 0 Å². The normalized spacial score (nSPS) is 46.2. The van der Waals surface area contributed by atoms with Gasteiger partial charge in [-0.1, -0.05) is 24.1 Å². The van der Waals surface area contributed by atoms with Crippen LogP contribution in [0.5, 0.6) is 0 Å². The van der Waals surface area contributed by atoms with E-state index >= 15 is 0 Å². The molecular formula is C14H22O2. The Labute approximate surface area is 97.7 Å². The Hall–Kier alpha value is -0.600. The monoisotopic (exact) mass is 222 g/mol. The van der Waals surface area contributed by atoms with Crippen LogP contribution in [-0.4, -0.2) is 22.4 Å². The van der Waals surface area contributed by atoms with Gasteiger partial charge in [0.15, 0.2) is 0 Å². The van der Waals surface area contributed by atoms with Crippen LogP contribution in [0.2, 0.25) is 0 Å². The molecule has 2 N–H and O–H groups in total. The van der Waals surface area contributed by atoms with Gasteiger partial charge in [-0.25, -0.2) is 0 Å². The van der Waals surface area contributed by atoms with Crippen molar-refractivity contribution < 1.29 is 10.2 Å². The molecule has 0 amide bonds. The minimum Gasteiger partial charge on any atom is -0.396 e. The van der Waals surface area contributed by atoms with Crippen LogP contribution in [-0.2, 0) is 0 Å². The van der Waals surface area contributed by atoms with Crippen molar-refractivity contribution >= 4 is 0 Å². The van der Waals surface area contributed by atoms with Gasteiger partial charge in [0, 0.05) is 12.5 Å². The molecule has 2 aliphatic carbocycles. The Kier molecular flexibility index (Phi) is 2.56. The van der Waals surface area contributed by atoms with E-state index < -0.39 is 5.60 Å². The smallest absolute Gasteiger partial charge is 0.0896 e. The fraction of sp³-hybridized carbons (Fsp3) is 0.714. The lowest BCUT2D eigenvalue weighted by Gasteiger charge is -2.38. The Morgan fingerprint density at radius 2 is 2.06 bits per heavy atom. The quantitative estimate of drug-likeness (QED) is 0.704. The highest BCUT2D eigenvalue weighted by atomic mass is 16.3. The maximum Gasteiger partial charge on any atom is 0.0896 e. The van der Waals surface area contributed by atoms with Crippen LogP contribution in [0.25, 0.3) is 0 Å². The molecule has 0 aromatic heterocycles. The molecular weight excluding hydrogens is 200 g/mol. The average Bonchev–Trinajstić information content (AvgIpc) is 2.68. The summed E-state index contributed by atoms with van der Waals surface area (Å²) < 4.78 is 0. The summed E-state index contributed by atoms with van der Waals surface area (Å²) in [4.78, 5) is 0. The molecule has 90 valence electrons. The Morgan fingerprint density at radius 1 is 1.44 bits per heavy atom. The Balaban J connectivity index is 2.47. The first kappa shape index (κ1) is 11.9. The van der Waals surface area contributed by atoms with E-state index in [0.29, 0.717) is 5.92 Å². The molecule has 0 spiro atoms. The number of fused-ring (bicyclic) bond motifs is 2. The summed E-state index contributed by atoms with van der Waals surface area (Å²) >= 11 is 0. The van der Waals surface area contributed by atoms with Crippen LogP contribution in [0.4, 0.5) is 0 Å².